The van der Waals surface area contributed by atoms with Crippen LogP contribution in [0.5, 0.6) is 5.75 Å². The Labute approximate surface area is 250 Å². The van der Waals surface area contributed by atoms with Gasteiger partial charge in [0.2, 0.25) is 0 Å². The average Bonchev–Trinajstić information content (AvgIpc) is 3.62. The second kappa shape index (κ2) is 8.02. The molecule has 7 heteroatoms. The number of aromatic hydroxyl groups is 1. The molecule has 0 aliphatic heterocycles. The van der Waals surface area contributed by atoms with Crippen LogP contribution in [0, 0.1) is 0 Å². The molecule has 196 valence electrons. The number of hydrogen-bond acceptors (Lipinski definition) is 4. The third kappa shape index (κ3) is 2.75. The maximum absolute atomic E-state index is 13.9. The van der Waals surface area contributed by atoms with Gasteiger partial charge in [0, 0.05) is 48.0 Å². The molecule has 3 aromatic heterocycles. The Morgan fingerprint density at radius 1 is 0.595 bits per heavy atom. The number of imidazole rings is 2. The van der Waals surface area contributed by atoms with Crippen molar-refractivity contribution in [3.63, 3.8) is 0 Å². The maximum Gasteiger partial charge on any atom is 0.264 e. The van der Waals surface area contributed by atoms with E-state index in [4.69, 9.17) is 15.0 Å². The van der Waals surface area contributed by atoms with Crippen LogP contribution in [0.4, 0.5) is 0 Å². The Morgan fingerprint density at radius 3 is 1.98 bits per heavy atom. The minimum Gasteiger partial charge on any atom is -0.507 e. The first-order valence-electron chi connectivity index (χ1n) is 13.5. The molecule has 7 aromatic carbocycles. The van der Waals surface area contributed by atoms with Gasteiger partial charge >= 0.3 is 0 Å². The molecule has 0 atom stereocenters. The van der Waals surface area contributed by atoms with Gasteiger partial charge in [-0.1, -0.05) is 72.6 Å². The molecule has 3 heterocycles. The summed E-state index contributed by atoms with van der Waals surface area (Å²) in [7, 11) is 0. The number of aromatic nitrogens is 4. The Hall–Kier alpha value is -5.06. The summed E-state index contributed by atoms with van der Waals surface area (Å²) in [6.45, 7) is 0. The van der Waals surface area contributed by atoms with Crippen LogP contribution in [0.1, 0.15) is 0 Å². The summed E-state index contributed by atoms with van der Waals surface area (Å²) in [5, 5.41) is 20.6. The van der Waals surface area contributed by atoms with Gasteiger partial charge in [0.15, 0.2) is 0 Å². The van der Waals surface area contributed by atoms with Crippen LogP contribution in [0.15, 0.2) is 102 Å². The van der Waals surface area contributed by atoms with E-state index in [1.807, 2.05) is 72.8 Å². The van der Waals surface area contributed by atoms with Gasteiger partial charge in [-0.25, -0.2) is 4.98 Å². The zero-order valence-electron chi connectivity index (χ0n) is 21.8. The zero-order valence-corrected chi connectivity index (χ0v) is 24.7. The summed E-state index contributed by atoms with van der Waals surface area (Å²) in [5.41, 5.74) is 4.65. The van der Waals surface area contributed by atoms with E-state index < -0.39 is 0 Å². The van der Waals surface area contributed by atoms with E-state index in [1.165, 1.54) is 0 Å². The molecule has 10 rings (SSSR count). The standard InChI is InChI=1S/C35H18N4O2.W/c40-28-16-15-20-17-10-13-22-31-23(35(41)39-27-8-4-3-7-26(27)38-34(22)39)14-11-18(29(17)31)19-9-12-21(32(28)30(19)20)33-36-24-5-1-2-6-25(24)37-33;/h1-16H,(H2,36,37,38,40,41);/p-1. The molecule has 0 aliphatic rings. The van der Waals surface area contributed by atoms with E-state index >= 15 is 0 Å². The van der Waals surface area contributed by atoms with Gasteiger partial charge in [0.25, 0.3) is 5.56 Å². The summed E-state index contributed by atoms with van der Waals surface area (Å²) in [6.07, 6.45) is 0. The van der Waals surface area contributed by atoms with Crippen LogP contribution >= 0.6 is 0 Å². The van der Waals surface area contributed by atoms with Gasteiger partial charge in [-0.2, -0.15) is 0 Å². The molecule has 0 saturated heterocycles. The molecule has 0 amide bonds. The first-order chi connectivity index (χ1) is 20.2. The predicted octanol–water partition coefficient (Wildman–Crippen LogP) is 7.36. The van der Waals surface area contributed by atoms with Crippen LogP contribution in [-0.2, 0) is 21.1 Å². The molecular weight excluding hydrogens is 692 g/mol. The van der Waals surface area contributed by atoms with Crippen LogP contribution in [0.3, 0.4) is 0 Å². The number of phenolic OH excluding ortho intramolecular Hbond substituents is 1. The quantitative estimate of drug-likeness (QED) is 0.142. The minimum atomic E-state index is -0.0673. The van der Waals surface area contributed by atoms with Crippen molar-refractivity contribution < 1.29 is 26.2 Å². The van der Waals surface area contributed by atoms with Gasteiger partial charge in [-0.3, -0.25) is 9.20 Å². The van der Waals surface area contributed by atoms with Gasteiger partial charge in [-0.05, 0) is 73.9 Å². The number of pyridine rings is 1. The van der Waals surface area contributed by atoms with Crippen molar-refractivity contribution in [3.05, 3.63) is 107 Å². The fourth-order valence-corrected chi connectivity index (χ4v) is 6.98. The van der Waals surface area contributed by atoms with E-state index in [9.17, 15) is 9.90 Å². The fraction of sp³-hybridized carbons (Fsp3) is 0. The monoisotopic (exact) mass is 709 g/mol. The summed E-state index contributed by atoms with van der Waals surface area (Å²) in [6, 6.07) is 31.6. The molecule has 0 bridgehead atoms. The van der Waals surface area contributed by atoms with Gasteiger partial charge in [-0.15, -0.1) is 0 Å². The number of fused-ring (bicyclic) bond motifs is 7. The molecular formula is C35H17N4O2W-. The fourth-order valence-electron chi connectivity index (χ4n) is 6.98. The number of hydrogen-bond donors (Lipinski definition) is 1. The number of phenols is 1. The van der Waals surface area contributed by atoms with Crippen molar-refractivity contribution in [1.82, 2.24) is 19.4 Å². The van der Waals surface area contributed by atoms with Crippen LogP contribution in [0.25, 0.3) is 93.0 Å². The van der Waals surface area contributed by atoms with E-state index in [-0.39, 0.29) is 32.4 Å². The van der Waals surface area contributed by atoms with E-state index in [0.29, 0.717) is 16.9 Å². The molecule has 0 saturated carbocycles. The third-order valence-corrected chi connectivity index (χ3v) is 8.69. The van der Waals surface area contributed by atoms with Crippen molar-refractivity contribution in [1.29, 1.82) is 0 Å². The van der Waals surface area contributed by atoms with Gasteiger partial charge in [0.1, 0.15) is 11.4 Å². The largest absolute Gasteiger partial charge is 0.507 e. The van der Waals surface area contributed by atoms with Crippen LogP contribution in [-0.4, -0.2) is 19.5 Å². The summed E-state index contributed by atoms with van der Waals surface area (Å²) < 4.78 is 1.74. The third-order valence-electron chi connectivity index (χ3n) is 8.69. The number of nitrogens with zero attached hydrogens (tertiary/aromatic N) is 4. The van der Waals surface area contributed by atoms with Crippen molar-refractivity contribution in [2.45, 2.75) is 0 Å². The summed E-state index contributed by atoms with van der Waals surface area (Å²) >= 11 is 0. The SMILES string of the molecule is O=c1c2ccc3c4ccc(-c5nc6ccccc6[n-]5)c5c(O)ccc(c6ccc(c2c36)c2nc3ccccc3n12)c54.[W]. The molecule has 0 aliphatic carbocycles. The Kier molecular flexibility index (Phi) is 4.51. The molecule has 0 fully saturated rings. The van der Waals surface area contributed by atoms with E-state index in [0.717, 1.165) is 76.1 Å². The predicted molar refractivity (Wildman–Crippen MR) is 165 cm³/mol. The second-order valence-electron chi connectivity index (χ2n) is 10.7. The zero-order chi connectivity index (χ0) is 27.0. The number of rotatable bonds is 1. The second-order valence-corrected chi connectivity index (χ2v) is 10.7. The molecule has 1 N–H and O–H groups in total. The van der Waals surface area contributed by atoms with Gasteiger partial charge in [0.05, 0.1) is 11.0 Å². The normalized spacial score (nSPS) is 12.3. The van der Waals surface area contributed by atoms with Crippen LogP contribution in [0.2, 0.25) is 0 Å². The molecule has 6 nitrogen and oxygen atoms in total. The summed E-state index contributed by atoms with van der Waals surface area (Å²) in [4.78, 5) is 28.4. The average molecular weight is 709 g/mol. The molecule has 42 heavy (non-hydrogen) atoms. The summed E-state index contributed by atoms with van der Waals surface area (Å²) in [5.74, 6) is 0.776. The smallest absolute Gasteiger partial charge is 0.264 e. The first kappa shape index (κ1) is 23.6. The molecule has 0 spiro atoms. The van der Waals surface area contributed by atoms with E-state index in [1.54, 1.807) is 10.5 Å². The Morgan fingerprint density at radius 2 is 1.19 bits per heavy atom. The molecule has 0 radical (unpaired) electrons. The Balaban J connectivity index is 0.00000250. The first-order valence-corrected chi connectivity index (χ1v) is 13.5. The number of para-hydroxylation sites is 4. The minimum absolute atomic E-state index is 0. The van der Waals surface area contributed by atoms with Crippen LogP contribution < -0.4 is 10.5 Å². The van der Waals surface area contributed by atoms with Crippen molar-refractivity contribution >= 4 is 81.6 Å². The molecule has 10 aromatic rings. The van der Waals surface area contributed by atoms with E-state index in [2.05, 4.69) is 18.2 Å². The van der Waals surface area contributed by atoms with Crippen molar-refractivity contribution in [2.75, 3.05) is 0 Å². The topological polar surface area (TPSA) is 81.6 Å². The van der Waals surface area contributed by atoms with Gasteiger partial charge < -0.3 is 15.1 Å². The van der Waals surface area contributed by atoms with Crippen molar-refractivity contribution in [3.8, 4) is 17.1 Å². The number of benzene rings is 7. The Bertz CT molecular complexity index is 2740. The molecule has 0 unspecified atom stereocenters. The maximum atomic E-state index is 13.9. The van der Waals surface area contributed by atoms with Crippen molar-refractivity contribution in [2.24, 2.45) is 0 Å².